The first-order chi connectivity index (χ1) is 15.2. The summed E-state index contributed by atoms with van der Waals surface area (Å²) in [6.45, 7) is 17.2. The number of rotatable bonds is 4. The molecular weight excluding hydrogens is 448 g/mol. The van der Waals surface area contributed by atoms with Gasteiger partial charge in [-0.3, -0.25) is 0 Å². The summed E-state index contributed by atoms with van der Waals surface area (Å²) >= 11 is 0. The Bertz CT molecular complexity index is 1150. The summed E-state index contributed by atoms with van der Waals surface area (Å²) in [7, 11) is -3.79. The number of ether oxygens (including phenoxy) is 1. The molecule has 1 heterocycles. The maximum Gasteiger partial charge on any atom is 0.231 e. The van der Waals surface area contributed by atoms with Gasteiger partial charge in [-0.05, 0) is 81.6 Å². The summed E-state index contributed by atoms with van der Waals surface area (Å²) < 4.78 is 27.6. The molecule has 2 aromatic rings. The van der Waals surface area contributed by atoms with Crippen molar-refractivity contribution in [1.29, 1.82) is 0 Å². The van der Waals surface area contributed by atoms with Crippen molar-refractivity contribution in [2.45, 2.75) is 93.5 Å². The van der Waals surface area contributed by atoms with Crippen LogP contribution in [0, 0.1) is 13.8 Å². The van der Waals surface area contributed by atoms with Crippen LogP contribution in [0.5, 0.6) is 11.5 Å². The second kappa shape index (κ2) is 7.82. The van der Waals surface area contributed by atoms with Gasteiger partial charge in [0.05, 0.1) is 21.1 Å². The first-order valence-corrected chi connectivity index (χ1v) is 15.7. The lowest BCUT2D eigenvalue weighted by Crippen LogP contribution is -2.59. The average Bonchev–Trinajstić information content (AvgIpc) is 2.97. The molecule has 0 fully saturated rings. The van der Waals surface area contributed by atoms with E-state index in [1.807, 2.05) is 38.1 Å². The topological polar surface area (TPSA) is 55.8 Å². The Hall–Kier alpha value is -1.89. The van der Waals surface area contributed by atoms with Crippen molar-refractivity contribution in [2.24, 2.45) is 0 Å². The predicted octanol–water partition coefficient (Wildman–Crippen LogP) is 6.89. The summed E-state index contributed by atoms with van der Waals surface area (Å²) in [6.07, 6.45) is 5.85. The standard InChI is InChI=1S/C27H36O4SSi/c1-18-11-13-20(14-12-18)32(29)24-21(28)17-19(2)23-22(24)26(6)15-9-10-16-27(26,30-23)31-33(7,8)25(3,4)5/h10-14,16-17,28H,9,15H2,1-8H3. The number of allylic oxidation sites excluding steroid dienone is 1. The molecule has 1 aliphatic heterocycles. The first-order valence-electron chi connectivity index (χ1n) is 11.6. The molecule has 0 spiro atoms. The van der Waals surface area contributed by atoms with Crippen LogP contribution >= 0.6 is 0 Å². The van der Waals surface area contributed by atoms with E-state index in [1.54, 1.807) is 6.07 Å². The van der Waals surface area contributed by atoms with Crippen molar-refractivity contribution in [1.82, 2.24) is 0 Å². The molecule has 3 atom stereocenters. The van der Waals surface area contributed by atoms with E-state index in [1.165, 1.54) is 0 Å². The van der Waals surface area contributed by atoms with Crippen LogP contribution < -0.4 is 4.74 Å². The number of phenols is 1. The van der Waals surface area contributed by atoms with Gasteiger partial charge in [-0.2, -0.15) is 0 Å². The number of phenolic OH excluding ortho intramolecular Hbond substituents is 1. The zero-order valence-electron chi connectivity index (χ0n) is 21.0. The third-order valence-corrected chi connectivity index (χ3v) is 13.7. The highest BCUT2D eigenvalue weighted by Crippen LogP contribution is 2.60. The Balaban J connectivity index is 1.93. The fraction of sp³-hybridized carbons (Fsp3) is 0.481. The Morgan fingerprint density at radius 3 is 2.39 bits per heavy atom. The minimum Gasteiger partial charge on any atom is -0.507 e. The normalized spacial score (nSPS) is 25.3. The van der Waals surface area contributed by atoms with E-state index in [0.717, 1.165) is 29.5 Å². The quantitative estimate of drug-likeness (QED) is 0.379. The van der Waals surface area contributed by atoms with Crippen molar-refractivity contribution in [3.8, 4) is 11.5 Å². The van der Waals surface area contributed by atoms with Crippen LogP contribution in [0.3, 0.4) is 0 Å². The average molecular weight is 485 g/mol. The van der Waals surface area contributed by atoms with E-state index in [-0.39, 0.29) is 10.8 Å². The van der Waals surface area contributed by atoms with Gasteiger partial charge in [-0.15, -0.1) is 0 Å². The van der Waals surface area contributed by atoms with Gasteiger partial charge in [0, 0.05) is 10.5 Å². The number of benzene rings is 2. The van der Waals surface area contributed by atoms with Gasteiger partial charge in [0.25, 0.3) is 0 Å². The lowest BCUT2D eigenvalue weighted by molar-refractivity contribution is -0.121. The highest BCUT2D eigenvalue weighted by Gasteiger charge is 2.62. The molecule has 2 aliphatic rings. The van der Waals surface area contributed by atoms with Crippen LogP contribution in [0.2, 0.25) is 18.1 Å². The van der Waals surface area contributed by atoms with E-state index in [0.29, 0.717) is 15.5 Å². The maximum absolute atomic E-state index is 13.9. The molecule has 0 saturated carbocycles. The zero-order chi connectivity index (χ0) is 24.4. The second-order valence-corrected chi connectivity index (χ2v) is 17.4. The van der Waals surface area contributed by atoms with E-state index in [2.05, 4.69) is 52.9 Å². The molecule has 178 valence electrons. The molecular formula is C27H36O4SSi. The Morgan fingerprint density at radius 2 is 1.79 bits per heavy atom. The zero-order valence-corrected chi connectivity index (χ0v) is 22.9. The third-order valence-electron chi connectivity index (χ3n) is 7.75. The number of aryl methyl sites for hydroxylation is 2. The smallest absolute Gasteiger partial charge is 0.231 e. The molecule has 0 saturated heterocycles. The molecule has 0 amide bonds. The van der Waals surface area contributed by atoms with E-state index in [9.17, 15) is 9.32 Å². The van der Waals surface area contributed by atoms with Crippen molar-refractivity contribution < 1.29 is 18.5 Å². The molecule has 4 rings (SSSR count). The predicted molar refractivity (Wildman–Crippen MR) is 136 cm³/mol. The fourth-order valence-corrected chi connectivity index (χ4v) is 7.40. The fourth-order valence-electron chi connectivity index (χ4n) is 4.63. The SMILES string of the molecule is Cc1ccc(S(=O)c2c(O)cc(C)c3c2C2(C)CCC=CC2(O[Si](C)(C)C(C)(C)C)O3)cc1. The largest absolute Gasteiger partial charge is 0.507 e. The van der Waals surface area contributed by atoms with E-state index in [4.69, 9.17) is 9.16 Å². The van der Waals surface area contributed by atoms with Crippen LogP contribution in [-0.2, 0) is 20.6 Å². The van der Waals surface area contributed by atoms with Crippen molar-refractivity contribution in [2.75, 3.05) is 0 Å². The molecule has 1 N–H and O–H groups in total. The van der Waals surface area contributed by atoms with Gasteiger partial charge >= 0.3 is 0 Å². The Morgan fingerprint density at radius 1 is 1.15 bits per heavy atom. The summed E-state index contributed by atoms with van der Waals surface area (Å²) in [5.74, 6) is -0.245. The molecule has 33 heavy (non-hydrogen) atoms. The summed E-state index contributed by atoms with van der Waals surface area (Å²) in [5.41, 5.74) is 2.17. The third kappa shape index (κ3) is 3.71. The van der Waals surface area contributed by atoms with E-state index >= 15 is 0 Å². The Kier molecular flexibility index (Phi) is 5.74. The highest BCUT2D eigenvalue weighted by molar-refractivity contribution is 7.85. The second-order valence-electron chi connectivity index (χ2n) is 11.2. The summed E-state index contributed by atoms with van der Waals surface area (Å²) in [6, 6.07) is 9.31. The van der Waals surface area contributed by atoms with Gasteiger partial charge in [0.2, 0.25) is 5.79 Å². The Labute approximate surface area is 201 Å². The van der Waals surface area contributed by atoms with Gasteiger partial charge in [-0.25, -0.2) is 4.21 Å². The van der Waals surface area contributed by atoms with Gasteiger partial charge in [-0.1, -0.05) is 44.5 Å². The monoisotopic (exact) mass is 484 g/mol. The molecule has 0 radical (unpaired) electrons. The lowest BCUT2D eigenvalue weighted by atomic mass is 9.70. The van der Waals surface area contributed by atoms with Crippen LogP contribution in [0.15, 0.2) is 52.3 Å². The van der Waals surface area contributed by atoms with Gasteiger partial charge in [0.1, 0.15) is 11.5 Å². The molecule has 3 unspecified atom stereocenters. The number of hydrogen-bond donors (Lipinski definition) is 1. The molecule has 0 aromatic heterocycles. The summed E-state index contributed by atoms with van der Waals surface area (Å²) in [5, 5.41) is 11.1. The van der Waals surface area contributed by atoms with Crippen LogP contribution in [0.4, 0.5) is 0 Å². The first kappa shape index (κ1) is 24.2. The minimum atomic E-state index is -2.23. The molecule has 6 heteroatoms. The van der Waals surface area contributed by atoms with Gasteiger partial charge < -0.3 is 14.3 Å². The number of fused-ring (bicyclic) bond motifs is 3. The van der Waals surface area contributed by atoms with Crippen molar-refractivity contribution in [3.63, 3.8) is 0 Å². The van der Waals surface area contributed by atoms with Crippen molar-refractivity contribution >= 4 is 19.1 Å². The molecule has 2 aromatic carbocycles. The molecule has 4 nitrogen and oxygen atoms in total. The maximum atomic E-state index is 13.9. The molecule has 0 bridgehead atoms. The number of hydrogen-bond acceptors (Lipinski definition) is 4. The van der Waals surface area contributed by atoms with Crippen LogP contribution in [0.1, 0.15) is 57.2 Å². The summed E-state index contributed by atoms with van der Waals surface area (Å²) in [4.78, 5) is 1.11. The number of aromatic hydroxyl groups is 1. The van der Waals surface area contributed by atoms with Crippen LogP contribution in [-0.4, -0.2) is 23.4 Å². The molecule has 1 aliphatic carbocycles. The van der Waals surface area contributed by atoms with Gasteiger partial charge in [0.15, 0.2) is 8.32 Å². The minimum absolute atomic E-state index is 0.00316. The highest BCUT2D eigenvalue weighted by atomic mass is 32.2. The lowest BCUT2D eigenvalue weighted by Gasteiger charge is -2.49. The van der Waals surface area contributed by atoms with Crippen molar-refractivity contribution in [3.05, 3.63) is 59.2 Å². The van der Waals surface area contributed by atoms with E-state index < -0.39 is 30.3 Å². The van der Waals surface area contributed by atoms with Crippen LogP contribution in [0.25, 0.3) is 0 Å².